The Morgan fingerprint density at radius 2 is 2.05 bits per heavy atom. The highest BCUT2D eigenvalue weighted by Crippen LogP contribution is 2.17. The van der Waals surface area contributed by atoms with Crippen molar-refractivity contribution in [2.75, 3.05) is 46.0 Å². The second kappa shape index (κ2) is 8.51. The largest absolute Gasteiger partial charge is 0.379 e. The van der Waals surface area contributed by atoms with Crippen LogP contribution in [0.2, 0.25) is 0 Å². The number of nitrogens with zero attached hydrogens (tertiary/aromatic N) is 1. The first-order chi connectivity index (χ1) is 9.34. The fourth-order valence-electron chi connectivity index (χ4n) is 2.62. The highest BCUT2D eigenvalue weighted by Gasteiger charge is 2.15. The van der Waals surface area contributed by atoms with Crippen molar-refractivity contribution in [2.45, 2.75) is 38.2 Å². The van der Waals surface area contributed by atoms with Crippen LogP contribution in [0.25, 0.3) is 0 Å². The molecule has 0 unspecified atom stereocenters. The zero-order valence-electron chi connectivity index (χ0n) is 11.7. The average molecular weight is 270 g/mol. The molecule has 0 aliphatic carbocycles. The maximum absolute atomic E-state index is 11.7. The summed E-state index contributed by atoms with van der Waals surface area (Å²) in [5.41, 5.74) is 0. The summed E-state index contributed by atoms with van der Waals surface area (Å²) in [6.07, 6.45) is 6.23. The normalized spacial score (nSPS) is 24.5. The number of unbranched alkanes of at least 4 members (excludes halogenated alkanes) is 1. The van der Waals surface area contributed by atoms with Gasteiger partial charge in [0.1, 0.15) is 0 Å². The van der Waals surface area contributed by atoms with Gasteiger partial charge in [-0.3, -0.25) is 9.69 Å². The van der Waals surface area contributed by atoms with Gasteiger partial charge in [0.15, 0.2) is 0 Å². The first kappa shape index (κ1) is 14.8. The molecule has 2 aliphatic heterocycles. The second-order valence-electron chi connectivity index (χ2n) is 5.37. The molecule has 5 nitrogen and oxygen atoms in total. The van der Waals surface area contributed by atoms with E-state index in [1.807, 2.05) is 0 Å². The van der Waals surface area contributed by atoms with E-state index in [2.05, 4.69) is 10.2 Å². The van der Waals surface area contributed by atoms with Crippen molar-refractivity contribution in [1.82, 2.24) is 10.2 Å². The molecular weight excluding hydrogens is 244 g/mol. The number of carbonyl (C=O) groups excluding carboxylic acids is 1. The van der Waals surface area contributed by atoms with E-state index in [0.29, 0.717) is 12.6 Å². The maximum atomic E-state index is 11.7. The quantitative estimate of drug-likeness (QED) is 0.695. The summed E-state index contributed by atoms with van der Waals surface area (Å²) in [4.78, 5) is 13.9. The van der Waals surface area contributed by atoms with Gasteiger partial charge in [0.25, 0.3) is 0 Å². The molecule has 0 aromatic heterocycles. The summed E-state index contributed by atoms with van der Waals surface area (Å²) in [6, 6.07) is 0. The number of hydrogen-bond acceptors (Lipinski definition) is 4. The van der Waals surface area contributed by atoms with Crippen LogP contribution in [-0.4, -0.2) is 62.9 Å². The summed E-state index contributed by atoms with van der Waals surface area (Å²) >= 11 is 0. The van der Waals surface area contributed by atoms with Gasteiger partial charge in [0, 0.05) is 26.2 Å². The van der Waals surface area contributed by atoms with Crippen LogP contribution in [0.1, 0.15) is 32.1 Å². The molecule has 2 aliphatic rings. The van der Waals surface area contributed by atoms with Crippen LogP contribution in [-0.2, 0) is 14.3 Å². The molecule has 2 rings (SSSR count). The summed E-state index contributed by atoms with van der Waals surface area (Å²) in [6.45, 7) is 5.45. The Hall–Kier alpha value is -0.650. The molecule has 5 heteroatoms. The van der Waals surface area contributed by atoms with E-state index in [-0.39, 0.29) is 5.91 Å². The number of ether oxygens (including phenoxy) is 2. The van der Waals surface area contributed by atoms with Gasteiger partial charge >= 0.3 is 0 Å². The third-order valence-electron chi connectivity index (χ3n) is 3.77. The number of rotatable bonds is 7. The highest BCUT2D eigenvalue weighted by atomic mass is 16.5. The first-order valence-corrected chi connectivity index (χ1v) is 7.53. The predicted molar refractivity (Wildman–Crippen MR) is 73.1 cm³/mol. The van der Waals surface area contributed by atoms with Crippen molar-refractivity contribution in [3.63, 3.8) is 0 Å². The monoisotopic (exact) mass is 270 g/mol. The molecule has 2 fully saturated rings. The van der Waals surface area contributed by atoms with Crippen molar-refractivity contribution in [1.29, 1.82) is 0 Å². The zero-order chi connectivity index (χ0) is 13.3. The third kappa shape index (κ3) is 5.89. The van der Waals surface area contributed by atoms with Gasteiger partial charge in [-0.2, -0.15) is 0 Å². The number of morpholine rings is 1. The van der Waals surface area contributed by atoms with Crippen LogP contribution < -0.4 is 5.32 Å². The summed E-state index contributed by atoms with van der Waals surface area (Å²) in [5.74, 6) is 0.138. The smallest absolute Gasteiger partial charge is 0.234 e. The molecule has 0 aromatic carbocycles. The molecule has 1 N–H and O–H groups in total. The van der Waals surface area contributed by atoms with Gasteiger partial charge in [-0.1, -0.05) is 0 Å². The van der Waals surface area contributed by atoms with Gasteiger partial charge in [0.2, 0.25) is 5.91 Å². The van der Waals surface area contributed by atoms with E-state index < -0.39 is 0 Å². The van der Waals surface area contributed by atoms with Crippen molar-refractivity contribution in [3.8, 4) is 0 Å². The Balaban J connectivity index is 1.44. The van der Waals surface area contributed by atoms with Crippen LogP contribution in [0, 0.1) is 0 Å². The van der Waals surface area contributed by atoms with Crippen molar-refractivity contribution >= 4 is 5.91 Å². The maximum Gasteiger partial charge on any atom is 0.234 e. The second-order valence-corrected chi connectivity index (χ2v) is 5.37. The van der Waals surface area contributed by atoms with E-state index in [1.165, 1.54) is 12.8 Å². The summed E-state index contributed by atoms with van der Waals surface area (Å²) < 4.78 is 10.8. The van der Waals surface area contributed by atoms with E-state index in [0.717, 1.165) is 58.7 Å². The lowest BCUT2D eigenvalue weighted by atomic mass is 10.1. The average Bonchev–Trinajstić information content (AvgIpc) is 2.92. The minimum absolute atomic E-state index is 0.138. The van der Waals surface area contributed by atoms with Crippen molar-refractivity contribution in [3.05, 3.63) is 0 Å². The first-order valence-electron chi connectivity index (χ1n) is 7.53. The predicted octanol–water partition coefficient (Wildman–Crippen LogP) is 0.784. The summed E-state index contributed by atoms with van der Waals surface area (Å²) in [7, 11) is 0. The van der Waals surface area contributed by atoms with Crippen LogP contribution in [0.15, 0.2) is 0 Å². The van der Waals surface area contributed by atoms with E-state index in [9.17, 15) is 4.79 Å². The minimum atomic E-state index is 0.138. The van der Waals surface area contributed by atoms with Gasteiger partial charge < -0.3 is 14.8 Å². The Bertz CT molecular complexity index is 261. The molecule has 110 valence electrons. The van der Waals surface area contributed by atoms with Crippen LogP contribution in [0.4, 0.5) is 0 Å². The SMILES string of the molecule is O=C(CN1CCOCC1)NCCCC[C@@H]1CCCO1. The van der Waals surface area contributed by atoms with E-state index in [4.69, 9.17) is 9.47 Å². The molecule has 2 saturated heterocycles. The topological polar surface area (TPSA) is 50.8 Å². The van der Waals surface area contributed by atoms with Gasteiger partial charge in [0.05, 0.1) is 25.9 Å². The standard InChI is InChI=1S/C14H26N2O3/c17-14(12-16-7-10-18-11-8-16)15-6-2-1-4-13-5-3-9-19-13/h13H,1-12H2,(H,15,17)/t13-/m1/s1. The molecule has 0 spiro atoms. The Labute approximate surface area is 115 Å². The lowest BCUT2D eigenvalue weighted by Gasteiger charge is -2.25. The number of nitrogens with one attached hydrogen (secondary N) is 1. The molecule has 1 atom stereocenters. The lowest BCUT2D eigenvalue weighted by molar-refractivity contribution is -0.123. The van der Waals surface area contributed by atoms with Gasteiger partial charge in [-0.15, -0.1) is 0 Å². The molecule has 1 amide bonds. The highest BCUT2D eigenvalue weighted by molar-refractivity contribution is 5.77. The van der Waals surface area contributed by atoms with Gasteiger partial charge in [-0.05, 0) is 32.1 Å². The van der Waals surface area contributed by atoms with Crippen LogP contribution in [0.3, 0.4) is 0 Å². The molecule has 2 heterocycles. The lowest BCUT2D eigenvalue weighted by Crippen LogP contribution is -2.43. The Morgan fingerprint density at radius 3 is 2.79 bits per heavy atom. The fourth-order valence-corrected chi connectivity index (χ4v) is 2.62. The number of amides is 1. The van der Waals surface area contributed by atoms with Gasteiger partial charge in [-0.25, -0.2) is 0 Å². The molecule has 19 heavy (non-hydrogen) atoms. The molecule has 0 bridgehead atoms. The molecular formula is C14H26N2O3. The number of hydrogen-bond donors (Lipinski definition) is 1. The zero-order valence-corrected chi connectivity index (χ0v) is 11.7. The van der Waals surface area contributed by atoms with Crippen molar-refractivity contribution < 1.29 is 14.3 Å². The molecule has 0 saturated carbocycles. The van der Waals surface area contributed by atoms with Crippen LogP contribution >= 0.6 is 0 Å². The van der Waals surface area contributed by atoms with Crippen LogP contribution in [0.5, 0.6) is 0 Å². The van der Waals surface area contributed by atoms with E-state index >= 15 is 0 Å². The fraction of sp³-hybridized carbons (Fsp3) is 0.929. The van der Waals surface area contributed by atoms with E-state index in [1.54, 1.807) is 0 Å². The molecule has 0 aromatic rings. The summed E-state index contributed by atoms with van der Waals surface area (Å²) in [5, 5.41) is 2.99. The number of carbonyl (C=O) groups is 1. The molecule has 0 radical (unpaired) electrons. The third-order valence-corrected chi connectivity index (χ3v) is 3.77. The van der Waals surface area contributed by atoms with Crippen molar-refractivity contribution in [2.24, 2.45) is 0 Å². The Kier molecular flexibility index (Phi) is 6.61. The Morgan fingerprint density at radius 1 is 1.21 bits per heavy atom. The minimum Gasteiger partial charge on any atom is -0.379 e.